The van der Waals surface area contributed by atoms with Crippen molar-refractivity contribution in [2.75, 3.05) is 0 Å². The van der Waals surface area contributed by atoms with Gasteiger partial charge in [-0.15, -0.1) is 4.67 Å². The van der Waals surface area contributed by atoms with Gasteiger partial charge in [0.1, 0.15) is 17.8 Å². The van der Waals surface area contributed by atoms with Crippen LogP contribution in [0.3, 0.4) is 0 Å². The van der Waals surface area contributed by atoms with Crippen LogP contribution in [-0.4, -0.2) is 44.3 Å². The van der Waals surface area contributed by atoms with E-state index >= 15 is 0 Å². The first-order valence-electron chi connectivity index (χ1n) is 4.62. The van der Waals surface area contributed by atoms with Crippen molar-refractivity contribution in [1.29, 1.82) is 0 Å². The Labute approximate surface area is 92.4 Å². The molecule has 5 unspecified atom stereocenters. The van der Waals surface area contributed by atoms with E-state index in [0.717, 1.165) is 6.08 Å². The molecule has 0 aromatic heterocycles. The SMILES string of the molecule is CC1OC(C)(/C=C/P(=O)(O)OO)C(O)C1O. The van der Waals surface area contributed by atoms with E-state index in [4.69, 9.17) is 14.9 Å². The summed E-state index contributed by atoms with van der Waals surface area (Å²) < 4.78 is 19.6. The van der Waals surface area contributed by atoms with Crippen LogP contribution in [0, 0.1) is 0 Å². The Morgan fingerprint density at radius 2 is 2.06 bits per heavy atom. The van der Waals surface area contributed by atoms with Crippen molar-refractivity contribution < 1.29 is 34.3 Å². The van der Waals surface area contributed by atoms with Crippen molar-refractivity contribution in [3.63, 3.8) is 0 Å². The zero-order chi connectivity index (χ0) is 12.6. The lowest BCUT2D eigenvalue weighted by Crippen LogP contribution is -2.38. The summed E-state index contributed by atoms with van der Waals surface area (Å²) in [6, 6.07) is 0. The zero-order valence-corrected chi connectivity index (χ0v) is 9.74. The Morgan fingerprint density at radius 3 is 2.44 bits per heavy atom. The van der Waals surface area contributed by atoms with Gasteiger partial charge in [0.25, 0.3) is 0 Å². The molecule has 1 fully saturated rings. The molecular formula is C8H15O7P. The quantitative estimate of drug-likeness (QED) is 0.320. The maximum Gasteiger partial charge on any atom is 0.378 e. The average Bonchev–Trinajstić information content (AvgIpc) is 2.41. The third kappa shape index (κ3) is 2.70. The minimum Gasteiger partial charge on any atom is -0.388 e. The summed E-state index contributed by atoms with van der Waals surface area (Å²) in [5.74, 6) is 0.695. The molecule has 7 nitrogen and oxygen atoms in total. The maximum atomic E-state index is 10.9. The molecule has 16 heavy (non-hydrogen) atoms. The van der Waals surface area contributed by atoms with Crippen LogP contribution in [0.4, 0.5) is 0 Å². The summed E-state index contributed by atoms with van der Waals surface area (Å²) in [6.07, 6.45) is -1.82. The smallest absolute Gasteiger partial charge is 0.378 e. The van der Waals surface area contributed by atoms with Crippen LogP contribution >= 0.6 is 7.60 Å². The third-order valence-corrected chi connectivity index (χ3v) is 3.30. The van der Waals surface area contributed by atoms with E-state index in [1.54, 1.807) is 6.92 Å². The monoisotopic (exact) mass is 254 g/mol. The van der Waals surface area contributed by atoms with E-state index in [9.17, 15) is 14.8 Å². The lowest BCUT2D eigenvalue weighted by atomic mass is 9.97. The molecule has 94 valence electrons. The summed E-state index contributed by atoms with van der Waals surface area (Å²) in [6.45, 7) is 3.01. The molecule has 1 heterocycles. The second kappa shape index (κ2) is 4.54. The van der Waals surface area contributed by atoms with E-state index in [-0.39, 0.29) is 0 Å². The molecule has 0 aromatic carbocycles. The van der Waals surface area contributed by atoms with Crippen LogP contribution in [0.1, 0.15) is 13.8 Å². The van der Waals surface area contributed by atoms with Crippen molar-refractivity contribution in [3.05, 3.63) is 11.9 Å². The van der Waals surface area contributed by atoms with Crippen LogP contribution < -0.4 is 0 Å². The Kier molecular flexibility index (Phi) is 3.91. The standard InChI is InChI=1S/C8H15O7P/c1-5-6(9)7(10)8(2,14-5)3-4-16(12,13)15-11/h3-7,9-11H,1-2H3,(H,12,13)/b4-3+. The highest BCUT2D eigenvalue weighted by Gasteiger charge is 2.48. The van der Waals surface area contributed by atoms with Crippen LogP contribution in [0.15, 0.2) is 11.9 Å². The van der Waals surface area contributed by atoms with Gasteiger partial charge in [0, 0.05) is 5.82 Å². The molecule has 1 rings (SSSR count). The van der Waals surface area contributed by atoms with Crippen molar-refractivity contribution in [2.45, 2.75) is 37.8 Å². The predicted molar refractivity (Wildman–Crippen MR) is 53.6 cm³/mol. The van der Waals surface area contributed by atoms with E-state index < -0.39 is 31.5 Å². The van der Waals surface area contributed by atoms with Crippen molar-refractivity contribution in [2.24, 2.45) is 0 Å². The summed E-state index contributed by atoms with van der Waals surface area (Å²) >= 11 is 0. The van der Waals surface area contributed by atoms with Crippen LogP contribution in [0.25, 0.3) is 0 Å². The number of ether oxygens (including phenoxy) is 1. The van der Waals surface area contributed by atoms with Gasteiger partial charge in [-0.3, -0.25) is 4.57 Å². The molecule has 5 atom stereocenters. The minimum atomic E-state index is -4.23. The fourth-order valence-electron chi connectivity index (χ4n) is 1.54. The highest BCUT2D eigenvalue weighted by atomic mass is 31.2. The molecule has 0 aliphatic carbocycles. The molecule has 0 bridgehead atoms. The minimum absolute atomic E-state index is 0.599. The second-order valence-electron chi connectivity index (χ2n) is 3.90. The van der Waals surface area contributed by atoms with E-state index in [1.165, 1.54) is 6.92 Å². The number of hydrogen-bond acceptors (Lipinski definition) is 6. The number of aliphatic hydroxyl groups excluding tert-OH is 2. The first kappa shape index (κ1) is 13.8. The Hall–Kier alpha value is -0.270. The van der Waals surface area contributed by atoms with Gasteiger partial charge >= 0.3 is 7.60 Å². The van der Waals surface area contributed by atoms with E-state index in [2.05, 4.69) is 4.67 Å². The van der Waals surface area contributed by atoms with Crippen molar-refractivity contribution in [1.82, 2.24) is 0 Å². The second-order valence-corrected chi connectivity index (χ2v) is 5.49. The maximum absolute atomic E-state index is 10.9. The molecule has 8 heteroatoms. The largest absolute Gasteiger partial charge is 0.388 e. The molecule has 0 saturated carbocycles. The summed E-state index contributed by atoms with van der Waals surface area (Å²) in [4.78, 5) is 8.91. The molecule has 1 saturated heterocycles. The van der Waals surface area contributed by atoms with E-state index in [0.29, 0.717) is 5.82 Å². The molecule has 0 amide bonds. The molecule has 0 spiro atoms. The van der Waals surface area contributed by atoms with Gasteiger partial charge in [-0.1, -0.05) is 0 Å². The molecule has 4 N–H and O–H groups in total. The Morgan fingerprint density at radius 1 is 1.50 bits per heavy atom. The fourth-order valence-corrected chi connectivity index (χ4v) is 2.08. The van der Waals surface area contributed by atoms with Crippen molar-refractivity contribution in [3.8, 4) is 0 Å². The number of rotatable bonds is 3. The molecule has 0 radical (unpaired) electrons. The molecule has 1 aliphatic heterocycles. The van der Waals surface area contributed by atoms with Gasteiger partial charge in [-0.25, -0.2) is 5.26 Å². The predicted octanol–water partition coefficient (Wildman–Crippen LogP) is 0.0743. The molecular weight excluding hydrogens is 239 g/mol. The fraction of sp³-hybridized carbons (Fsp3) is 0.750. The van der Waals surface area contributed by atoms with Crippen molar-refractivity contribution >= 4 is 7.60 Å². The Bertz CT molecular complexity index is 330. The first-order chi connectivity index (χ1) is 7.22. The van der Waals surface area contributed by atoms with Gasteiger partial charge in [-0.05, 0) is 19.9 Å². The van der Waals surface area contributed by atoms with Gasteiger partial charge in [0.05, 0.1) is 6.10 Å². The zero-order valence-electron chi connectivity index (χ0n) is 8.85. The van der Waals surface area contributed by atoms with Crippen LogP contribution in [0.5, 0.6) is 0 Å². The molecule has 1 aliphatic rings. The van der Waals surface area contributed by atoms with Gasteiger partial charge < -0.3 is 19.8 Å². The van der Waals surface area contributed by atoms with E-state index in [1.807, 2.05) is 0 Å². The van der Waals surface area contributed by atoms with Gasteiger partial charge in [0.15, 0.2) is 0 Å². The topological polar surface area (TPSA) is 116 Å². The Balaban J connectivity index is 2.85. The average molecular weight is 254 g/mol. The number of hydrogen-bond donors (Lipinski definition) is 4. The first-order valence-corrected chi connectivity index (χ1v) is 6.26. The van der Waals surface area contributed by atoms with Gasteiger partial charge in [0.2, 0.25) is 0 Å². The van der Waals surface area contributed by atoms with Crippen LogP contribution in [0.2, 0.25) is 0 Å². The highest BCUT2D eigenvalue weighted by molar-refractivity contribution is 7.56. The highest BCUT2D eigenvalue weighted by Crippen LogP contribution is 2.44. The summed E-state index contributed by atoms with van der Waals surface area (Å²) in [7, 11) is -4.23. The third-order valence-electron chi connectivity index (χ3n) is 2.54. The number of aliphatic hydroxyl groups is 2. The van der Waals surface area contributed by atoms with Crippen LogP contribution in [-0.2, 0) is 14.0 Å². The summed E-state index contributed by atoms with van der Waals surface area (Å²) in [5, 5.41) is 27.2. The lowest BCUT2D eigenvalue weighted by molar-refractivity contribution is -0.143. The normalized spacial score (nSPS) is 43.8. The summed E-state index contributed by atoms with van der Waals surface area (Å²) in [5.41, 5.74) is -1.30. The lowest BCUT2D eigenvalue weighted by Gasteiger charge is -2.23. The van der Waals surface area contributed by atoms with Gasteiger partial charge in [-0.2, -0.15) is 0 Å². The molecule has 0 aromatic rings.